The quantitative estimate of drug-likeness (QED) is 0.897. The molecule has 1 heterocycles. The van der Waals surface area contributed by atoms with Crippen LogP contribution < -0.4 is 5.73 Å². The van der Waals surface area contributed by atoms with Crippen molar-refractivity contribution in [3.8, 4) is 0 Å². The van der Waals surface area contributed by atoms with Gasteiger partial charge in [0, 0.05) is 12.7 Å². The fraction of sp³-hybridized carbons (Fsp3) is 0.400. The molecule has 0 bridgehead atoms. The number of hydrogen-bond acceptors (Lipinski definition) is 2. The van der Waals surface area contributed by atoms with Crippen molar-refractivity contribution in [2.75, 3.05) is 6.54 Å². The average Bonchev–Trinajstić information content (AvgIpc) is 2.67. The summed E-state index contributed by atoms with van der Waals surface area (Å²) < 4.78 is 15.1. The highest BCUT2D eigenvalue weighted by Gasteiger charge is 2.12. The van der Waals surface area contributed by atoms with Crippen LogP contribution >= 0.6 is 0 Å². The minimum absolute atomic E-state index is 0.190. The number of nitrogens with zero attached hydrogens (tertiary/aromatic N) is 2. The van der Waals surface area contributed by atoms with E-state index in [9.17, 15) is 4.39 Å². The van der Waals surface area contributed by atoms with Gasteiger partial charge < -0.3 is 5.73 Å². The first kappa shape index (κ1) is 13.7. The van der Waals surface area contributed by atoms with Gasteiger partial charge in [0.2, 0.25) is 0 Å². The molecule has 0 aliphatic carbocycles. The normalized spacial score (nSPS) is 12.6. The van der Waals surface area contributed by atoms with Crippen molar-refractivity contribution in [3.05, 3.63) is 53.1 Å². The van der Waals surface area contributed by atoms with Crippen molar-refractivity contribution in [1.82, 2.24) is 9.78 Å². The van der Waals surface area contributed by atoms with E-state index in [2.05, 4.69) is 11.2 Å². The second-order valence-electron chi connectivity index (χ2n) is 5.04. The highest BCUT2D eigenvalue weighted by atomic mass is 19.1. The van der Waals surface area contributed by atoms with Crippen LogP contribution in [0.5, 0.6) is 0 Å². The highest BCUT2D eigenvalue weighted by molar-refractivity contribution is 5.18. The number of benzene rings is 1. The van der Waals surface area contributed by atoms with Crippen LogP contribution in [0.4, 0.5) is 4.39 Å². The Balaban J connectivity index is 2.06. The van der Waals surface area contributed by atoms with E-state index >= 15 is 0 Å². The maximum atomic E-state index is 13.2. The molecule has 0 amide bonds. The van der Waals surface area contributed by atoms with Gasteiger partial charge in [0.25, 0.3) is 0 Å². The average molecular weight is 261 g/mol. The molecular weight excluding hydrogens is 241 g/mol. The first-order chi connectivity index (χ1) is 9.08. The van der Waals surface area contributed by atoms with Gasteiger partial charge in [-0.05, 0) is 56.0 Å². The van der Waals surface area contributed by atoms with Crippen molar-refractivity contribution in [2.24, 2.45) is 18.7 Å². The van der Waals surface area contributed by atoms with E-state index in [0.29, 0.717) is 12.5 Å². The van der Waals surface area contributed by atoms with Crippen LogP contribution in [-0.4, -0.2) is 16.3 Å². The maximum absolute atomic E-state index is 13.2. The van der Waals surface area contributed by atoms with E-state index in [4.69, 9.17) is 5.73 Å². The molecule has 2 aromatic rings. The summed E-state index contributed by atoms with van der Waals surface area (Å²) in [6, 6.07) is 8.81. The molecule has 1 unspecified atom stereocenters. The first-order valence-electron chi connectivity index (χ1n) is 6.52. The zero-order chi connectivity index (χ0) is 13.8. The molecular formula is C15H20FN3. The predicted molar refractivity (Wildman–Crippen MR) is 74.3 cm³/mol. The summed E-state index contributed by atoms with van der Waals surface area (Å²) >= 11 is 0. The molecule has 4 heteroatoms. The topological polar surface area (TPSA) is 43.8 Å². The highest BCUT2D eigenvalue weighted by Crippen LogP contribution is 2.15. The van der Waals surface area contributed by atoms with E-state index in [0.717, 1.165) is 24.1 Å². The summed E-state index contributed by atoms with van der Waals surface area (Å²) in [4.78, 5) is 0. The van der Waals surface area contributed by atoms with Crippen molar-refractivity contribution >= 4 is 0 Å². The van der Waals surface area contributed by atoms with Crippen molar-refractivity contribution < 1.29 is 4.39 Å². The Morgan fingerprint density at radius 1 is 1.32 bits per heavy atom. The lowest BCUT2D eigenvalue weighted by Gasteiger charge is -2.15. The minimum Gasteiger partial charge on any atom is -0.330 e. The number of aromatic nitrogens is 2. The Kier molecular flexibility index (Phi) is 4.32. The van der Waals surface area contributed by atoms with Crippen LogP contribution in [0.15, 0.2) is 30.3 Å². The molecule has 0 saturated carbocycles. The molecule has 0 aliphatic heterocycles. The summed E-state index contributed by atoms with van der Waals surface area (Å²) in [6.07, 6.45) is 1.66. The van der Waals surface area contributed by atoms with Gasteiger partial charge in [-0.3, -0.25) is 4.68 Å². The van der Waals surface area contributed by atoms with Crippen LogP contribution in [-0.2, 0) is 19.9 Å². The third-order valence-corrected chi connectivity index (χ3v) is 3.34. The molecule has 0 fully saturated rings. The van der Waals surface area contributed by atoms with E-state index in [1.807, 2.05) is 24.7 Å². The van der Waals surface area contributed by atoms with E-state index in [1.54, 1.807) is 12.1 Å². The van der Waals surface area contributed by atoms with Gasteiger partial charge in [0.1, 0.15) is 5.82 Å². The summed E-state index contributed by atoms with van der Waals surface area (Å²) in [6.45, 7) is 2.56. The molecule has 1 aromatic carbocycles. The zero-order valence-electron chi connectivity index (χ0n) is 11.4. The molecule has 3 nitrogen and oxygen atoms in total. The Morgan fingerprint density at radius 2 is 2.11 bits per heavy atom. The monoisotopic (exact) mass is 261 g/mol. The standard InChI is InChI=1S/C15H20FN3/c1-11-6-15(19(2)18-11)9-13(10-17)7-12-4-3-5-14(16)8-12/h3-6,8,13H,7,9-10,17H2,1-2H3. The lowest BCUT2D eigenvalue weighted by molar-refractivity contribution is 0.509. The third-order valence-electron chi connectivity index (χ3n) is 3.34. The number of hydrogen-bond donors (Lipinski definition) is 1. The SMILES string of the molecule is Cc1cc(CC(CN)Cc2cccc(F)c2)n(C)n1. The summed E-state index contributed by atoms with van der Waals surface area (Å²) in [7, 11) is 1.94. The fourth-order valence-electron chi connectivity index (χ4n) is 2.39. The van der Waals surface area contributed by atoms with E-state index < -0.39 is 0 Å². The second-order valence-corrected chi connectivity index (χ2v) is 5.04. The van der Waals surface area contributed by atoms with Gasteiger partial charge >= 0.3 is 0 Å². The van der Waals surface area contributed by atoms with Gasteiger partial charge in [0.05, 0.1) is 5.69 Å². The predicted octanol–water partition coefficient (Wildman–Crippen LogP) is 2.23. The molecule has 0 spiro atoms. The van der Waals surface area contributed by atoms with Gasteiger partial charge in [0.15, 0.2) is 0 Å². The van der Waals surface area contributed by atoms with Gasteiger partial charge in [-0.15, -0.1) is 0 Å². The van der Waals surface area contributed by atoms with E-state index in [1.165, 1.54) is 11.8 Å². The van der Waals surface area contributed by atoms with Crippen molar-refractivity contribution in [2.45, 2.75) is 19.8 Å². The van der Waals surface area contributed by atoms with Crippen LogP contribution in [0, 0.1) is 18.7 Å². The number of aryl methyl sites for hydroxylation is 2. The smallest absolute Gasteiger partial charge is 0.123 e. The molecule has 0 aliphatic rings. The van der Waals surface area contributed by atoms with Crippen LogP contribution in [0.2, 0.25) is 0 Å². The molecule has 0 radical (unpaired) electrons. The van der Waals surface area contributed by atoms with Crippen LogP contribution in [0.1, 0.15) is 17.0 Å². The van der Waals surface area contributed by atoms with Gasteiger partial charge in [-0.2, -0.15) is 5.10 Å². The van der Waals surface area contributed by atoms with Crippen molar-refractivity contribution in [1.29, 1.82) is 0 Å². The molecule has 0 saturated heterocycles. The molecule has 1 aromatic heterocycles. The first-order valence-corrected chi connectivity index (χ1v) is 6.52. The van der Waals surface area contributed by atoms with Gasteiger partial charge in [-0.1, -0.05) is 12.1 Å². The fourth-order valence-corrected chi connectivity index (χ4v) is 2.39. The zero-order valence-corrected chi connectivity index (χ0v) is 11.4. The maximum Gasteiger partial charge on any atom is 0.123 e. The van der Waals surface area contributed by atoms with Crippen LogP contribution in [0.3, 0.4) is 0 Å². The molecule has 19 heavy (non-hydrogen) atoms. The molecule has 1 atom stereocenters. The molecule has 102 valence electrons. The van der Waals surface area contributed by atoms with Crippen LogP contribution in [0.25, 0.3) is 0 Å². The Bertz CT molecular complexity index is 548. The Morgan fingerprint density at radius 3 is 2.68 bits per heavy atom. The van der Waals surface area contributed by atoms with Gasteiger partial charge in [-0.25, -0.2) is 4.39 Å². The Labute approximate surface area is 113 Å². The number of nitrogens with two attached hydrogens (primary N) is 1. The molecule has 2 rings (SSSR count). The van der Waals surface area contributed by atoms with Crippen molar-refractivity contribution in [3.63, 3.8) is 0 Å². The summed E-state index contributed by atoms with van der Waals surface area (Å²) in [5.74, 6) is 0.112. The number of halogens is 1. The third kappa shape index (κ3) is 3.64. The molecule has 2 N–H and O–H groups in total. The second kappa shape index (κ2) is 5.97. The lowest BCUT2D eigenvalue weighted by Crippen LogP contribution is -2.20. The lowest BCUT2D eigenvalue weighted by atomic mass is 9.94. The minimum atomic E-state index is -0.190. The van der Waals surface area contributed by atoms with E-state index in [-0.39, 0.29) is 5.82 Å². The largest absolute Gasteiger partial charge is 0.330 e. The summed E-state index contributed by atoms with van der Waals surface area (Å²) in [5.41, 5.74) is 9.02. The Hall–Kier alpha value is -1.68. The number of rotatable bonds is 5. The summed E-state index contributed by atoms with van der Waals surface area (Å²) in [5, 5.41) is 4.34.